The summed E-state index contributed by atoms with van der Waals surface area (Å²) in [6.07, 6.45) is 2.64. The molecular weight excluding hydrogens is 308 g/mol. The molecule has 1 heterocycles. The quantitative estimate of drug-likeness (QED) is 0.875. The standard InChI is InChI=1S/C17H18N4O3/c1-10(21-15(22)9-11-5-4-8-13(11)20-21)17(24)19-14-7-3-2-6-12(14)16(18)23/h2-3,6-7,9-10H,4-5,8H2,1H3,(H2,18,23)(H,19,24). The largest absolute Gasteiger partial charge is 0.366 e. The molecule has 1 aliphatic carbocycles. The van der Waals surface area contributed by atoms with Crippen LogP contribution in [0.1, 0.15) is 41.0 Å². The highest BCUT2D eigenvalue weighted by Crippen LogP contribution is 2.19. The van der Waals surface area contributed by atoms with Crippen LogP contribution in [0.4, 0.5) is 5.69 Å². The predicted molar refractivity (Wildman–Crippen MR) is 88.8 cm³/mol. The highest BCUT2D eigenvalue weighted by molar-refractivity contribution is 6.03. The molecule has 24 heavy (non-hydrogen) atoms. The summed E-state index contributed by atoms with van der Waals surface area (Å²) >= 11 is 0. The average molecular weight is 326 g/mol. The fourth-order valence-corrected chi connectivity index (χ4v) is 2.85. The van der Waals surface area contributed by atoms with E-state index in [0.717, 1.165) is 30.5 Å². The molecule has 1 unspecified atom stereocenters. The molecule has 0 saturated carbocycles. The van der Waals surface area contributed by atoms with Gasteiger partial charge in [0.1, 0.15) is 6.04 Å². The lowest BCUT2D eigenvalue weighted by Crippen LogP contribution is -2.34. The van der Waals surface area contributed by atoms with Gasteiger partial charge in [-0.05, 0) is 43.9 Å². The normalized spacial score (nSPS) is 14.0. The van der Waals surface area contributed by atoms with Gasteiger partial charge in [-0.15, -0.1) is 0 Å². The van der Waals surface area contributed by atoms with Crippen LogP contribution in [-0.2, 0) is 17.6 Å². The van der Waals surface area contributed by atoms with Crippen molar-refractivity contribution < 1.29 is 9.59 Å². The van der Waals surface area contributed by atoms with Crippen molar-refractivity contribution in [3.8, 4) is 0 Å². The molecule has 1 aliphatic rings. The van der Waals surface area contributed by atoms with E-state index in [9.17, 15) is 14.4 Å². The van der Waals surface area contributed by atoms with Crippen molar-refractivity contribution in [2.45, 2.75) is 32.2 Å². The average Bonchev–Trinajstić information content (AvgIpc) is 3.00. The molecule has 7 heteroatoms. The van der Waals surface area contributed by atoms with Gasteiger partial charge < -0.3 is 11.1 Å². The highest BCUT2D eigenvalue weighted by atomic mass is 16.2. The van der Waals surface area contributed by atoms with Gasteiger partial charge in [0.05, 0.1) is 16.9 Å². The van der Waals surface area contributed by atoms with E-state index in [1.807, 2.05) is 0 Å². The predicted octanol–water partition coefficient (Wildman–Crippen LogP) is 1.03. The van der Waals surface area contributed by atoms with Crippen LogP contribution in [0.25, 0.3) is 0 Å². The lowest BCUT2D eigenvalue weighted by molar-refractivity contribution is -0.119. The molecule has 3 N–H and O–H groups in total. The Balaban J connectivity index is 1.86. The van der Waals surface area contributed by atoms with Gasteiger partial charge in [-0.3, -0.25) is 14.4 Å². The third kappa shape index (κ3) is 2.92. The Bertz CT molecular complexity index is 872. The van der Waals surface area contributed by atoms with Gasteiger partial charge in [0.15, 0.2) is 0 Å². The Hall–Kier alpha value is -2.96. The maximum atomic E-state index is 12.5. The van der Waals surface area contributed by atoms with Crippen LogP contribution < -0.4 is 16.6 Å². The molecule has 0 spiro atoms. The molecule has 0 bridgehead atoms. The third-order valence-corrected chi connectivity index (χ3v) is 4.18. The van der Waals surface area contributed by atoms with Crippen molar-refractivity contribution >= 4 is 17.5 Å². The fourth-order valence-electron chi connectivity index (χ4n) is 2.85. The minimum atomic E-state index is -0.802. The minimum absolute atomic E-state index is 0.215. The fraction of sp³-hybridized carbons (Fsp3) is 0.294. The van der Waals surface area contributed by atoms with Gasteiger partial charge in [0, 0.05) is 6.07 Å². The zero-order valence-corrected chi connectivity index (χ0v) is 13.3. The number of rotatable bonds is 4. The maximum Gasteiger partial charge on any atom is 0.267 e. The van der Waals surface area contributed by atoms with Crippen molar-refractivity contribution in [1.29, 1.82) is 0 Å². The number of hydrogen-bond donors (Lipinski definition) is 2. The van der Waals surface area contributed by atoms with Crippen LogP contribution in [0, 0.1) is 0 Å². The number of nitrogens with zero attached hydrogens (tertiary/aromatic N) is 2. The highest BCUT2D eigenvalue weighted by Gasteiger charge is 2.22. The number of fused-ring (bicyclic) bond motifs is 1. The number of anilines is 1. The minimum Gasteiger partial charge on any atom is -0.366 e. The summed E-state index contributed by atoms with van der Waals surface area (Å²) in [5, 5.41) is 6.97. The van der Waals surface area contributed by atoms with Gasteiger partial charge >= 0.3 is 0 Å². The number of carbonyl (C=O) groups is 2. The Morgan fingerprint density at radius 3 is 2.79 bits per heavy atom. The Labute approximate surface area is 138 Å². The summed E-state index contributed by atoms with van der Waals surface area (Å²) < 4.78 is 1.19. The van der Waals surface area contributed by atoms with Crippen LogP contribution in [0.15, 0.2) is 35.1 Å². The number of nitrogens with two attached hydrogens (primary N) is 1. The maximum absolute atomic E-state index is 12.5. The molecule has 1 atom stereocenters. The van der Waals surface area contributed by atoms with Crippen LogP contribution in [0.5, 0.6) is 0 Å². The van der Waals surface area contributed by atoms with E-state index < -0.39 is 17.9 Å². The first-order chi connectivity index (χ1) is 11.5. The van der Waals surface area contributed by atoms with Crippen molar-refractivity contribution in [3.63, 3.8) is 0 Å². The van der Waals surface area contributed by atoms with Crippen molar-refractivity contribution in [2.75, 3.05) is 5.32 Å². The number of para-hydroxylation sites is 1. The summed E-state index contributed by atoms with van der Waals surface area (Å²) in [5.41, 5.74) is 7.36. The number of amides is 2. The zero-order valence-electron chi connectivity index (χ0n) is 13.3. The summed E-state index contributed by atoms with van der Waals surface area (Å²) in [6.45, 7) is 1.60. The van der Waals surface area contributed by atoms with Crippen LogP contribution >= 0.6 is 0 Å². The van der Waals surface area contributed by atoms with Crippen LogP contribution in [-0.4, -0.2) is 21.6 Å². The van der Waals surface area contributed by atoms with Gasteiger partial charge in [0.25, 0.3) is 11.5 Å². The van der Waals surface area contributed by atoms with Crippen LogP contribution in [0.3, 0.4) is 0 Å². The second kappa shape index (κ2) is 6.27. The van der Waals surface area contributed by atoms with Crippen molar-refractivity contribution in [1.82, 2.24) is 9.78 Å². The van der Waals surface area contributed by atoms with E-state index in [4.69, 9.17) is 5.73 Å². The summed E-state index contributed by atoms with van der Waals surface area (Å²) in [4.78, 5) is 36.1. The number of hydrogen-bond acceptors (Lipinski definition) is 4. The molecule has 2 amide bonds. The molecule has 0 saturated heterocycles. The number of primary amides is 1. The second-order valence-electron chi connectivity index (χ2n) is 5.83. The van der Waals surface area contributed by atoms with Gasteiger partial charge in [-0.25, -0.2) is 4.68 Å². The first-order valence-electron chi connectivity index (χ1n) is 7.78. The van der Waals surface area contributed by atoms with Crippen molar-refractivity contribution in [2.24, 2.45) is 5.73 Å². The molecule has 124 valence electrons. The summed E-state index contributed by atoms with van der Waals surface area (Å²) in [5.74, 6) is -1.07. The van der Waals surface area contributed by atoms with E-state index in [1.54, 1.807) is 31.2 Å². The smallest absolute Gasteiger partial charge is 0.267 e. The van der Waals surface area contributed by atoms with Crippen LogP contribution in [0.2, 0.25) is 0 Å². The molecular formula is C17H18N4O3. The van der Waals surface area contributed by atoms with E-state index in [0.29, 0.717) is 5.69 Å². The number of benzene rings is 1. The van der Waals surface area contributed by atoms with E-state index in [2.05, 4.69) is 10.4 Å². The Kier molecular flexibility index (Phi) is 4.16. The molecule has 3 rings (SSSR count). The summed E-state index contributed by atoms with van der Waals surface area (Å²) in [7, 11) is 0. The van der Waals surface area contributed by atoms with E-state index >= 15 is 0 Å². The zero-order chi connectivity index (χ0) is 17.3. The number of aryl methyl sites for hydroxylation is 2. The molecule has 7 nitrogen and oxygen atoms in total. The van der Waals surface area contributed by atoms with Gasteiger partial charge in [0.2, 0.25) is 5.91 Å². The van der Waals surface area contributed by atoms with E-state index in [-0.39, 0.29) is 11.1 Å². The monoisotopic (exact) mass is 326 g/mol. The number of nitrogens with one attached hydrogen (secondary N) is 1. The number of aromatic nitrogens is 2. The first kappa shape index (κ1) is 15.9. The first-order valence-corrected chi connectivity index (χ1v) is 7.78. The lowest BCUT2D eigenvalue weighted by atomic mass is 10.1. The molecule has 2 aromatic rings. The third-order valence-electron chi connectivity index (χ3n) is 4.18. The molecule has 0 aliphatic heterocycles. The Morgan fingerprint density at radius 1 is 1.29 bits per heavy atom. The molecule has 1 aromatic carbocycles. The van der Waals surface area contributed by atoms with Gasteiger partial charge in [-0.2, -0.15) is 5.10 Å². The van der Waals surface area contributed by atoms with Gasteiger partial charge in [-0.1, -0.05) is 12.1 Å². The van der Waals surface area contributed by atoms with E-state index in [1.165, 1.54) is 10.7 Å². The van der Waals surface area contributed by atoms with Crippen molar-refractivity contribution in [3.05, 3.63) is 57.5 Å². The molecule has 1 aromatic heterocycles. The SMILES string of the molecule is CC(C(=O)Nc1ccccc1C(N)=O)n1nc2c(cc1=O)CCC2. The summed E-state index contributed by atoms with van der Waals surface area (Å²) in [6, 6.07) is 7.21. The second-order valence-corrected chi connectivity index (χ2v) is 5.83. The topological polar surface area (TPSA) is 107 Å². The molecule has 0 radical (unpaired) electrons. The number of carbonyl (C=O) groups excluding carboxylic acids is 2. The molecule has 0 fully saturated rings. The Morgan fingerprint density at radius 2 is 2.04 bits per heavy atom. The lowest BCUT2D eigenvalue weighted by Gasteiger charge is -2.16.